The smallest absolute Gasteiger partial charge is 0.329 e. The van der Waals surface area contributed by atoms with Gasteiger partial charge in [0.1, 0.15) is 10.4 Å². The third-order valence-electron chi connectivity index (χ3n) is 2.65. The molecule has 0 bridgehead atoms. The highest BCUT2D eigenvalue weighted by atomic mass is 35.5. The first-order valence-electron chi connectivity index (χ1n) is 5.95. The van der Waals surface area contributed by atoms with Crippen molar-refractivity contribution in [2.45, 2.75) is 36.7 Å². The Kier molecular flexibility index (Phi) is 5.50. The first kappa shape index (κ1) is 16.9. The number of carbonyl (C=O) groups excluding carboxylic acids is 1. The minimum atomic E-state index is -1.64. The van der Waals surface area contributed by atoms with Gasteiger partial charge in [-0.1, -0.05) is 6.07 Å². The van der Waals surface area contributed by atoms with Gasteiger partial charge in [0.05, 0.1) is 6.10 Å². The molecule has 0 heterocycles. The number of carbonyl (C=O) groups is 1. The molecule has 0 aliphatic rings. The number of hydrogen-bond donors (Lipinski definition) is 3. The highest BCUT2D eigenvalue weighted by Gasteiger charge is 2.42. The summed E-state index contributed by atoms with van der Waals surface area (Å²) in [6.45, 7) is 3.37. The molecule has 1 unspecified atom stereocenters. The number of phenolic OH excluding ortho intramolecular Hbond substituents is 2. The second-order valence-corrected chi connectivity index (χ2v) is 5.89. The van der Waals surface area contributed by atoms with Crippen LogP contribution in [-0.4, -0.2) is 32.7 Å². The maximum atomic E-state index is 12.0. The lowest BCUT2D eigenvalue weighted by Gasteiger charge is -2.29. The van der Waals surface area contributed by atoms with E-state index in [1.165, 1.54) is 18.2 Å². The normalized spacial score (nSPS) is 14.3. The first-order valence-corrected chi connectivity index (χ1v) is 6.83. The third-order valence-corrected chi connectivity index (χ3v) is 3.43. The summed E-state index contributed by atoms with van der Waals surface area (Å²) in [5.74, 6) is -1.31. The van der Waals surface area contributed by atoms with Crippen molar-refractivity contribution in [3.63, 3.8) is 0 Å². The van der Waals surface area contributed by atoms with Crippen molar-refractivity contribution in [1.82, 2.24) is 0 Å². The quantitative estimate of drug-likeness (QED) is 0.438. The summed E-state index contributed by atoms with van der Waals surface area (Å²) in [6, 6.07) is 4.08. The Hall–Kier alpha value is -1.17. The lowest BCUT2D eigenvalue weighted by Crippen LogP contribution is -2.56. The number of phenols is 2. The van der Waals surface area contributed by atoms with Crippen LogP contribution in [0.3, 0.4) is 0 Å². The van der Waals surface area contributed by atoms with Crippen LogP contribution in [0.2, 0.25) is 0 Å². The van der Waals surface area contributed by atoms with Gasteiger partial charge in [-0.2, -0.15) is 0 Å². The van der Waals surface area contributed by atoms with Crippen LogP contribution in [0, 0.1) is 0 Å². The molecule has 20 heavy (non-hydrogen) atoms. The van der Waals surface area contributed by atoms with Crippen molar-refractivity contribution in [2.24, 2.45) is 5.73 Å². The Labute approximate surface area is 127 Å². The molecular weight excluding hydrogens is 305 g/mol. The van der Waals surface area contributed by atoms with Crippen molar-refractivity contribution in [3.05, 3.63) is 23.8 Å². The molecule has 0 fully saturated rings. The van der Waals surface area contributed by atoms with E-state index in [0.29, 0.717) is 5.56 Å². The summed E-state index contributed by atoms with van der Waals surface area (Å²) in [4.78, 5) is 10.9. The SMILES string of the molecule is CC(C)OC(=O)C(N)(Cc1ccc(O)c(O)c1)C(Cl)Cl. The second-order valence-electron chi connectivity index (χ2n) is 4.79. The van der Waals surface area contributed by atoms with Gasteiger partial charge in [-0.25, -0.2) is 4.79 Å². The Balaban J connectivity index is 3.02. The van der Waals surface area contributed by atoms with E-state index in [9.17, 15) is 15.0 Å². The maximum Gasteiger partial charge on any atom is 0.329 e. The molecule has 1 rings (SSSR count). The summed E-state index contributed by atoms with van der Waals surface area (Å²) < 4.78 is 5.06. The lowest BCUT2D eigenvalue weighted by molar-refractivity contribution is -0.153. The van der Waals surface area contributed by atoms with Gasteiger partial charge < -0.3 is 20.7 Å². The van der Waals surface area contributed by atoms with Gasteiger partial charge in [0.2, 0.25) is 0 Å². The number of nitrogens with two attached hydrogens (primary N) is 1. The minimum Gasteiger partial charge on any atom is -0.504 e. The molecule has 0 aliphatic carbocycles. The summed E-state index contributed by atoms with van der Waals surface area (Å²) in [6.07, 6.45) is -0.393. The van der Waals surface area contributed by atoms with E-state index >= 15 is 0 Å². The number of benzene rings is 1. The van der Waals surface area contributed by atoms with Gasteiger partial charge in [0.15, 0.2) is 11.5 Å². The molecular formula is C13H17Cl2NO4. The van der Waals surface area contributed by atoms with Crippen LogP contribution in [-0.2, 0) is 16.0 Å². The number of aromatic hydroxyl groups is 2. The van der Waals surface area contributed by atoms with Crippen LogP contribution in [0.25, 0.3) is 0 Å². The second kappa shape index (κ2) is 6.52. The highest BCUT2D eigenvalue weighted by Crippen LogP contribution is 2.29. The van der Waals surface area contributed by atoms with Crippen molar-refractivity contribution < 1.29 is 19.7 Å². The fourth-order valence-corrected chi connectivity index (χ4v) is 1.91. The van der Waals surface area contributed by atoms with Gasteiger partial charge in [-0.3, -0.25) is 0 Å². The molecule has 4 N–H and O–H groups in total. The molecule has 5 nitrogen and oxygen atoms in total. The monoisotopic (exact) mass is 321 g/mol. The fourth-order valence-electron chi connectivity index (χ4n) is 1.58. The number of esters is 1. The third kappa shape index (κ3) is 3.91. The molecule has 112 valence electrons. The highest BCUT2D eigenvalue weighted by molar-refractivity contribution is 6.46. The van der Waals surface area contributed by atoms with E-state index in [-0.39, 0.29) is 24.0 Å². The van der Waals surface area contributed by atoms with Crippen LogP contribution in [0.1, 0.15) is 19.4 Å². The van der Waals surface area contributed by atoms with E-state index in [1.54, 1.807) is 13.8 Å². The topological polar surface area (TPSA) is 92.8 Å². The Morgan fingerprint density at radius 2 is 1.95 bits per heavy atom. The largest absolute Gasteiger partial charge is 0.504 e. The van der Waals surface area contributed by atoms with Crippen LogP contribution in [0.4, 0.5) is 0 Å². The van der Waals surface area contributed by atoms with Gasteiger partial charge >= 0.3 is 5.97 Å². The Bertz CT molecular complexity index is 493. The van der Waals surface area contributed by atoms with E-state index in [4.69, 9.17) is 33.7 Å². The first-order chi connectivity index (χ1) is 9.16. The maximum absolute atomic E-state index is 12.0. The molecule has 1 atom stereocenters. The summed E-state index contributed by atoms with van der Waals surface area (Å²) >= 11 is 11.6. The number of alkyl halides is 2. The summed E-state index contributed by atoms with van der Waals surface area (Å²) in [5, 5.41) is 18.7. The Morgan fingerprint density at radius 3 is 2.40 bits per heavy atom. The molecule has 0 spiro atoms. The Morgan fingerprint density at radius 1 is 1.35 bits per heavy atom. The van der Waals surface area contributed by atoms with Crippen molar-refractivity contribution in [1.29, 1.82) is 0 Å². The zero-order chi connectivity index (χ0) is 15.5. The predicted octanol–water partition coefficient (Wildman–Crippen LogP) is 2.09. The molecule has 0 aromatic heterocycles. The van der Waals surface area contributed by atoms with E-state index < -0.39 is 16.3 Å². The van der Waals surface area contributed by atoms with Gasteiger partial charge in [0, 0.05) is 6.42 Å². The molecule has 0 saturated heterocycles. The molecule has 0 saturated carbocycles. The van der Waals surface area contributed by atoms with Crippen LogP contribution >= 0.6 is 23.2 Å². The average Bonchev–Trinajstić information content (AvgIpc) is 2.32. The summed E-state index contributed by atoms with van der Waals surface area (Å²) in [5.41, 5.74) is 4.82. The minimum absolute atomic E-state index is 0.0376. The van der Waals surface area contributed by atoms with E-state index in [2.05, 4.69) is 0 Å². The molecule has 0 amide bonds. The number of rotatable bonds is 5. The number of hydrogen-bond acceptors (Lipinski definition) is 5. The van der Waals surface area contributed by atoms with Gasteiger partial charge in [-0.15, -0.1) is 23.2 Å². The zero-order valence-corrected chi connectivity index (χ0v) is 12.6. The van der Waals surface area contributed by atoms with Gasteiger partial charge in [-0.05, 0) is 31.5 Å². The number of ether oxygens (including phenoxy) is 1. The van der Waals surface area contributed by atoms with Crippen LogP contribution in [0.15, 0.2) is 18.2 Å². The molecule has 1 aromatic carbocycles. The molecule has 0 radical (unpaired) electrons. The standard InChI is InChI=1S/C13H17Cl2NO4/c1-7(2)20-12(19)13(16,11(14)15)6-8-3-4-9(17)10(18)5-8/h3-5,7,11,17-18H,6,16H2,1-2H3. The summed E-state index contributed by atoms with van der Waals surface area (Å²) in [7, 11) is 0. The fraction of sp³-hybridized carbons (Fsp3) is 0.462. The van der Waals surface area contributed by atoms with Crippen molar-refractivity contribution in [3.8, 4) is 11.5 Å². The van der Waals surface area contributed by atoms with Crippen LogP contribution < -0.4 is 5.73 Å². The zero-order valence-electron chi connectivity index (χ0n) is 11.1. The molecule has 1 aromatic rings. The van der Waals surface area contributed by atoms with Crippen molar-refractivity contribution in [2.75, 3.05) is 0 Å². The molecule has 0 aliphatic heterocycles. The predicted molar refractivity (Wildman–Crippen MR) is 77.1 cm³/mol. The van der Waals surface area contributed by atoms with Gasteiger partial charge in [0.25, 0.3) is 0 Å². The van der Waals surface area contributed by atoms with E-state index in [1.807, 2.05) is 0 Å². The number of halogens is 2. The van der Waals surface area contributed by atoms with Crippen LogP contribution in [0.5, 0.6) is 11.5 Å². The van der Waals surface area contributed by atoms with Crippen molar-refractivity contribution >= 4 is 29.2 Å². The van der Waals surface area contributed by atoms with E-state index in [0.717, 1.165) is 0 Å². The average molecular weight is 322 g/mol. The lowest BCUT2D eigenvalue weighted by atomic mass is 9.93. The molecule has 7 heteroatoms.